The molecular weight excluding hydrogens is 332 g/mol. The number of amides is 4. The molecule has 26 heavy (non-hydrogen) atoms. The van der Waals surface area contributed by atoms with Gasteiger partial charge in [0.25, 0.3) is 5.91 Å². The Hall–Kier alpha value is -2.57. The van der Waals surface area contributed by atoms with Gasteiger partial charge >= 0.3 is 6.03 Å². The number of hydrogen-bond acceptors (Lipinski definition) is 4. The molecule has 4 rings (SSSR count). The molecule has 2 saturated heterocycles. The second kappa shape index (κ2) is 6.63. The van der Waals surface area contributed by atoms with Crippen LogP contribution in [0.15, 0.2) is 24.3 Å². The van der Waals surface area contributed by atoms with Crippen molar-refractivity contribution in [2.24, 2.45) is 0 Å². The van der Waals surface area contributed by atoms with E-state index in [4.69, 9.17) is 0 Å². The summed E-state index contributed by atoms with van der Waals surface area (Å²) in [5.74, 6) is -0.401. The van der Waals surface area contributed by atoms with Crippen molar-refractivity contribution in [3.8, 4) is 0 Å². The average Bonchev–Trinajstić information content (AvgIpc) is 3.44. The van der Waals surface area contributed by atoms with Crippen molar-refractivity contribution in [3.63, 3.8) is 0 Å². The molecule has 138 valence electrons. The lowest BCUT2D eigenvalue weighted by molar-refractivity contribution is -0.136. The molecule has 2 heterocycles. The molecule has 2 aliphatic heterocycles. The van der Waals surface area contributed by atoms with Gasteiger partial charge in [-0.05, 0) is 37.5 Å². The van der Waals surface area contributed by atoms with Crippen molar-refractivity contribution in [3.05, 3.63) is 29.8 Å². The zero-order valence-electron chi connectivity index (χ0n) is 15.1. The quantitative estimate of drug-likeness (QED) is 0.757. The Labute approximate surface area is 153 Å². The monoisotopic (exact) mass is 356 g/mol. The first-order valence-corrected chi connectivity index (χ1v) is 9.23. The molecule has 1 aliphatic carbocycles. The molecule has 3 fully saturated rings. The zero-order chi connectivity index (χ0) is 18.3. The fraction of sp³-hybridized carbons (Fsp3) is 0.526. The molecule has 7 nitrogen and oxygen atoms in total. The number of aryl methyl sites for hydroxylation is 1. The van der Waals surface area contributed by atoms with Crippen LogP contribution in [-0.4, -0.2) is 77.9 Å². The Bertz CT molecular complexity index is 738. The van der Waals surface area contributed by atoms with Gasteiger partial charge in [-0.15, -0.1) is 0 Å². The first kappa shape index (κ1) is 16.9. The Kier molecular flexibility index (Phi) is 4.30. The standard InChI is InChI=1S/C19H24N4O3/c1-14-3-2-4-16(11-14)20-7-9-21(10-8-20)17(24)12-23-18(25)13-22(19(23)26)15-5-6-15/h2-4,11,15H,5-10,12-13H2,1H3. The van der Waals surface area contributed by atoms with Gasteiger partial charge in [-0.2, -0.15) is 0 Å². The molecular formula is C19H24N4O3. The average molecular weight is 356 g/mol. The van der Waals surface area contributed by atoms with E-state index < -0.39 is 0 Å². The lowest BCUT2D eigenvalue weighted by Gasteiger charge is -2.36. The maximum Gasteiger partial charge on any atom is 0.327 e. The van der Waals surface area contributed by atoms with Crippen molar-refractivity contribution in [2.75, 3.05) is 44.2 Å². The number of benzene rings is 1. The highest BCUT2D eigenvalue weighted by molar-refractivity contribution is 6.04. The van der Waals surface area contributed by atoms with Crippen LogP contribution in [0.2, 0.25) is 0 Å². The van der Waals surface area contributed by atoms with E-state index in [9.17, 15) is 14.4 Å². The Morgan fingerprint density at radius 2 is 1.85 bits per heavy atom. The molecule has 1 aromatic carbocycles. The predicted molar refractivity (Wildman–Crippen MR) is 96.8 cm³/mol. The van der Waals surface area contributed by atoms with Gasteiger partial charge in [-0.3, -0.25) is 14.5 Å². The Morgan fingerprint density at radius 1 is 1.12 bits per heavy atom. The fourth-order valence-electron chi connectivity index (χ4n) is 3.66. The maximum absolute atomic E-state index is 12.6. The molecule has 0 unspecified atom stereocenters. The minimum Gasteiger partial charge on any atom is -0.368 e. The summed E-state index contributed by atoms with van der Waals surface area (Å²) in [5.41, 5.74) is 2.38. The summed E-state index contributed by atoms with van der Waals surface area (Å²) < 4.78 is 0. The molecule has 0 spiro atoms. The van der Waals surface area contributed by atoms with E-state index in [1.807, 2.05) is 6.07 Å². The summed E-state index contributed by atoms with van der Waals surface area (Å²) in [5, 5.41) is 0. The van der Waals surface area contributed by atoms with Gasteiger partial charge in [0.05, 0.1) is 0 Å². The van der Waals surface area contributed by atoms with E-state index in [0.717, 1.165) is 30.8 Å². The molecule has 0 bridgehead atoms. The lowest BCUT2D eigenvalue weighted by Crippen LogP contribution is -2.52. The van der Waals surface area contributed by atoms with Crippen molar-refractivity contribution in [2.45, 2.75) is 25.8 Å². The number of rotatable bonds is 4. The molecule has 0 atom stereocenters. The molecule has 1 saturated carbocycles. The number of carbonyl (C=O) groups is 3. The number of piperazine rings is 1. The van der Waals surface area contributed by atoms with Gasteiger partial charge in [0.15, 0.2) is 0 Å². The molecule has 4 amide bonds. The largest absolute Gasteiger partial charge is 0.368 e. The SMILES string of the molecule is Cc1cccc(N2CCN(C(=O)CN3C(=O)CN(C4CC4)C3=O)CC2)c1. The molecule has 0 radical (unpaired) electrons. The number of hydrogen-bond donors (Lipinski definition) is 0. The van der Waals surface area contributed by atoms with E-state index >= 15 is 0 Å². The van der Waals surface area contributed by atoms with E-state index in [2.05, 4.69) is 30.0 Å². The molecule has 0 aromatic heterocycles. The van der Waals surface area contributed by atoms with Gasteiger partial charge in [-0.25, -0.2) is 4.79 Å². The molecule has 3 aliphatic rings. The van der Waals surface area contributed by atoms with E-state index in [-0.39, 0.29) is 37.0 Å². The maximum atomic E-state index is 12.6. The van der Waals surface area contributed by atoms with Crippen LogP contribution in [0.25, 0.3) is 0 Å². The van der Waals surface area contributed by atoms with Crippen LogP contribution in [0.5, 0.6) is 0 Å². The van der Waals surface area contributed by atoms with Crippen LogP contribution >= 0.6 is 0 Å². The van der Waals surface area contributed by atoms with Crippen molar-refractivity contribution in [1.82, 2.24) is 14.7 Å². The van der Waals surface area contributed by atoms with Crippen LogP contribution in [0.1, 0.15) is 18.4 Å². The van der Waals surface area contributed by atoms with Crippen molar-refractivity contribution in [1.29, 1.82) is 0 Å². The minimum atomic E-state index is -0.302. The first-order valence-electron chi connectivity index (χ1n) is 9.23. The topological polar surface area (TPSA) is 64.2 Å². The Morgan fingerprint density at radius 3 is 2.50 bits per heavy atom. The van der Waals surface area contributed by atoms with Crippen LogP contribution in [0.4, 0.5) is 10.5 Å². The van der Waals surface area contributed by atoms with Gasteiger partial charge in [0.2, 0.25) is 5.91 Å². The highest BCUT2D eigenvalue weighted by Gasteiger charge is 2.44. The third-order valence-electron chi connectivity index (χ3n) is 5.36. The normalized spacial score (nSPS) is 21.0. The third kappa shape index (κ3) is 3.25. The summed E-state index contributed by atoms with van der Waals surface area (Å²) in [4.78, 5) is 43.8. The van der Waals surface area contributed by atoms with Gasteiger partial charge < -0.3 is 14.7 Å². The van der Waals surface area contributed by atoms with E-state index in [1.165, 1.54) is 11.3 Å². The third-order valence-corrected chi connectivity index (χ3v) is 5.36. The summed E-state index contributed by atoms with van der Waals surface area (Å²) in [6.45, 7) is 4.78. The highest BCUT2D eigenvalue weighted by Crippen LogP contribution is 2.30. The van der Waals surface area contributed by atoms with Gasteiger partial charge in [0, 0.05) is 37.9 Å². The minimum absolute atomic E-state index is 0.123. The van der Waals surface area contributed by atoms with E-state index in [1.54, 1.807) is 9.80 Å². The lowest BCUT2D eigenvalue weighted by atomic mass is 10.2. The zero-order valence-corrected chi connectivity index (χ0v) is 15.1. The van der Waals surface area contributed by atoms with Gasteiger partial charge in [-0.1, -0.05) is 12.1 Å². The van der Waals surface area contributed by atoms with Crippen LogP contribution in [0, 0.1) is 6.92 Å². The highest BCUT2D eigenvalue weighted by atomic mass is 16.2. The smallest absolute Gasteiger partial charge is 0.327 e. The predicted octanol–water partition coefficient (Wildman–Crippen LogP) is 1.07. The van der Waals surface area contributed by atoms with E-state index in [0.29, 0.717) is 13.1 Å². The van der Waals surface area contributed by atoms with Gasteiger partial charge in [0.1, 0.15) is 13.1 Å². The van der Waals surface area contributed by atoms with Crippen LogP contribution in [-0.2, 0) is 9.59 Å². The summed E-state index contributed by atoms with van der Waals surface area (Å²) in [6.07, 6.45) is 1.92. The summed E-state index contributed by atoms with van der Waals surface area (Å²) >= 11 is 0. The number of urea groups is 1. The Balaban J connectivity index is 1.32. The second-order valence-corrected chi connectivity index (χ2v) is 7.33. The van der Waals surface area contributed by atoms with Crippen LogP contribution < -0.4 is 4.90 Å². The fourth-order valence-corrected chi connectivity index (χ4v) is 3.66. The number of nitrogens with zero attached hydrogens (tertiary/aromatic N) is 4. The first-order chi connectivity index (χ1) is 12.5. The van der Waals surface area contributed by atoms with Crippen molar-refractivity contribution < 1.29 is 14.4 Å². The molecule has 7 heteroatoms. The number of anilines is 1. The molecule has 1 aromatic rings. The van der Waals surface area contributed by atoms with Crippen molar-refractivity contribution >= 4 is 23.5 Å². The van der Waals surface area contributed by atoms with Crippen LogP contribution in [0.3, 0.4) is 0 Å². The number of imide groups is 1. The molecule has 0 N–H and O–H groups in total. The summed E-state index contributed by atoms with van der Waals surface area (Å²) in [6, 6.07) is 8.23. The summed E-state index contributed by atoms with van der Waals surface area (Å²) in [7, 11) is 0. The number of carbonyl (C=O) groups excluding carboxylic acids is 3. The second-order valence-electron chi connectivity index (χ2n) is 7.33.